The van der Waals surface area contributed by atoms with E-state index in [0.717, 1.165) is 12.1 Å². The number of Topliss-reactive ketones (excluding diaryl/α,β-unsaturated/α-hetero) is 2. The quantitative estimate of drug-likeness (QED) is 0.723. The van der Waals surface area contributed by atoms with E-state index in [2.05, 4.69) is 0 Å². The molecule has 0 bridgehead atoms. The Hall–Kier alpha value is -1.58. The Morgan fingerprint density at radius 2 is 2.06 bits per heavy atom. The summed E-state index contributed by atoms with van der Waals surface area (Å²) in [6.45, 7) is 0. The van der Waals surface area contributed by atoms with Crippen LogP contribution in [0.15, 0.2) is 18.2 Å². The normalized spacial score (nSPS) is 20.1. The third kappa shape index (κ3) is 2.01. The summed E-state index contributed by atoms with van der Waals surface area (Å²) < 4.78 is 26.0. The molecule has 1 fully saturated rings. The van der Waals surface area contributed by atoms with Crippen molar-refractivity contribution in [1.82, 2.24) is 0 Å². The van der Waals surface area contributed by atoms with Crippen LogP contribution in [-0.4, -0.2) is 11.6 Å². The number of hydrogen-bond acceptors (Lipinski definition) is 2. The van der Waals surface area contributed by atoms with Gasteiger partial charge >= 0.3 is 0 Å². The molecule has 2 nitrogen and oxygen atoms in total. The van der Waals surface area contributed by atoms with Crippen molar-refractivity contribution < 1.29 is 18.4 Å². The van der Waals surface area contributed by atoms with Crippen molar-refractivity contribution in [3.63, 3.8) is 0 Å². The van der Waals surface area contributed by atoms with Crippen LogP contribution in [0.5, 0.6) is 0 Å². The molecule has 0 amide bonds. The van der Waals surface area contributed by atoms with Crippen LogP contribution in [0.1, 0.15) is 29.6 Å². The molecule has 1 aromatic carbocycles. The van der Waals surface area contributed by atoms with Gasteiger partial charge in [-0.1, -0.05) is 0 Å². The lowest BCUT2D eigenvalue weighted by molar-refractivity contribution is -0.117. The minimum atomic E-state index is -0.857. The molecule has 0 aliphatic heterocycles. The molecule has 16 heavy (non-hydrogen) atoms. The van der Waals surface area contributed by atoms with Gasteiger partial charge in [0.15, 0.2) is 5.78 Å². The fourth-order valence-corrected chi connectivity index (χ4v) is 1.95. The summed E-state index contributed by atoms with van der Waals surface area (Å²) in [5.41, 5.74) is -0.124. The first kappa shape index (κ1) is 10.9. The Morgan fingerprint density at radius 3 is 2.62 bits per heavy atom. The van der Waals surface area contributed by atoms with E-state index in [1.165, 1.54) is 0 Å². The molecule has 1 aliphatic rings. The monoisotopic (exact) mass is 224 g/mol. The highest BCUT2D eigenvalue weighted by Gasteiger charge is 2.30. The average Bonchev–Trinajstić information content (AvgIpc) is 2.64. The third-order valence-electron chi connectivity index (χ3n) is 2.81. The molecular weight excluding hydrogens is 214 g/mol. The van der Waals surface area contributed by atoms with Crippen LogP contribution in [0, 0.1) is 17.6 Å². The van der Waals surface area contributed by atoms with Crippen molar-refractivity contribution in [2.45, 2.75) is 19.3 Å². The van der Waals surface area contributed by atoms with Gasteiger partial charge in [0.05, 0.1) is 5.56 Å². The summed E-state index contributed by atoms with van der Waals surface area (Å²) in [7, 11) is 0. The highest BCUT2D eigenvalue weighted by molar-refractivity contribution is 6.01. The Bertz CT molecular complexity index is 454. The van der Waals surface area contributed by atoms with Gasteiger partial charge in [-0.05, 0) is 18.6 Å². The number of ketones is 2. The van der Waals surface area contributed by atoms with E-state index in [0.29, 0.717) is 18.9 Å². The summed E-state index contributed by atoms with van der Waals surface area (Å²) in [5.74, 6) is -2.38. The zero-order valence-corrected chi connectivity index (χ0v) is 8.50. The molecule has 0 N–H and O–H groups in total. The topological polar surface area (TPSA) is 34.1 Å². The average molecular weight is 224 g/mol. The SMILES string of the molecule is O=C1CCC(C(=O)c2ccc(F)cc2F)C1. The predicted molar refractivity (Wildman–Crippen MR) is 53.0 cm³/mol. The minimum Gasteiger partial charge on any atom is -0.300 e. The zero-order valence-electron chi connectivity index (χ0n) is 8.50. The molecule has 4 heteroatoms. The van der Waals surface area contributed by atoms with E-state index in [4.69, 9.17) is 0 Å². The third-order valence-corrected chi connectivity index (χ3v) is 2.81. The second kappa shape index (κ2) is 4.12. The Balaban J connectivity index is 2.24. The molecule has 0 spiro atoms. The second-order valence-corrected chi connectivity index (χ2v) is 3.97. The molecule has 1 aliphatic carbocycles. The molecule has 1 atom stereocenters. The maximum atomic E-state index is 13.3. The van der Waals surface area contributed by atoms with Crippen LogP contribution in [0.2, 0.25) is 0 Å². The highest BCUT2D eigenvalue weighted by Crippen LogP contribution is 2.26. The van der Waals surface area contributed by atoms with Gasteiger partial charge in [0.1, 0.15) is 17.4 Å². The molecule has 0 radical (unpaired) electrons. The van der Waals surface area contributed by atoms with Gasteiger partial charge in [-0.25, -0.2) is 8.78 Å². The molecule has 1 aromatic rings. The number of benzene rings is 1. The fourth-order valence-electron chi connectivity index (χ4n) is 1.95. The van der Waals surface area contributed by atoms with E-state index < -0.39 is 23.3 Å². The number of carbonyl (C=O) groups excluding carboxylic acids is 2. The number of carbonyl (C=O) groups is 2. The van der Waals surface area contributed by atoms with Gasteiger partial charge in [0.2, 0.25) is 0 Å². The molecular formula is C12H10F2O2. The molecule has 0 saturated heterocycles. The van der Waals surface area contributed by atoms with E-state index in [-0.39, 0.29) is 17.8 Å². The number of halogens is 2. The predicted octanol–water partition coefficient (Wildman–Crippen LogP) is 2.52. The van der Waals surface area contributed by atoms with Crippen LogP contribution in [-0.2, 0) is 4.79 Å². The van der Waals surface area contributed by atoms with Gasteiger partial charge in [-0.15, -0.1) is 0 Å². The van der Waals surface area contributed by atoms with Crippen molar-refractivity contribution in [1.29, 1.82) is 0 Å². The van der Waals surface area contributed by atoms with E-state index >= 15 is 0 Å². The van der Waals surface area contributed by atoms with Crippen LogP contribution in [0.4, 0.5) is 8.78 Å². The van der Waals surface area contributed by atoms with E-state index in [1.54, 1.807) is 0 Å². The number of rotatable bonds is 2. The Kier molecular flexibility index (Phi) is 2.81. The van der Waals surface area contributed by atoms with Gasteiger partial charge < -0.3 is 0 Å². The first-order valence-electron chi connectivity index (χ1n) is 5.09. The van der Waals surface area contributed by atoms with Crippen molar-refractivity contribution in [3.05, 3.63) is 35.4 Å². The molecule has 0 aromatic heterocycles. The van der Waals surface area contributed by atoms with Crippen LogP contribution in [0.3, 0.4) is 0 Å². The summed E-state index contributed by atoms with van der Waals surface area (Å²) >= 11 is 0. The van der Waals surface area contributed by atoms with E-state index in [9.17, 15) is 18.4 Å². The van der Waals surface area contributed by atoms with Crippen LogP contribution < -0.4 is 0 Å². The first-order chi connectivity index (χ1) is 7.58. The lowest BCUT2D eigenvalue weighted by atomic mass is 9.96. The lowest BCUT2D eigenvalue weighted by Crippen LogP contribution is -2.13. The second-order valence-electron chi connectivity index (χ2n) is 3.97. The van der Waals surface area contributed by atoms with Crippen LogP contribution >= 0.6 is 0 Å². The Morgan fingerprint density at radius 1 is 1.31 bits per heavy atom. The van der Waals surface area contributed by atoms with Gasteiger partial charge in [-0.3, -0.25) is 9.59 Å². The maximum Gasteiger partial charge on any atom is 0.169 e. The van der Waals surface area contributed by atoms with Gasteiger partial charge in [0.25, 0.3) is 0 Å². The highest BCUT2D eigenvalue weighted by atomic mass is 19.1. The van der Waals surface area contributed by atoms with Crippen LogP contribution in [0.25, 0.3) is 0 Å². The van der Waals surface area contributed by atoms with Crippen molar-refractivity contribution in [2.24, 2.45) is 5.92 Å². The standard InChI is InChI=1S/C12H10F2O2/c13-8-2-4-10(11(14)6-8)12(16)7-1-3-9(15)5-7/h2,4,6-7H,1,3,5H2. The summed E-state index contributed by atoms with van der Waals surface area (Å²) in [6, 6.07) is 2.87. The van der Waals surface area contributed by atoms with Gasteiger partial charge in [-0.2, -0.15) is 0 Å². The van der Waals surface area contributed by atoms with E-state index in [1.807, 2.05) is 0 Å². The summed E-state index contributed by atoms with van der Waals surface area (Å²) in [5, 5.41) is 0. The Labute approximate surface area is 91.3 Å². The van der Waals surface area contributed by atoms with Crippen molar-refractivity contribution >= 4 is 11.6 Å². The molecule has 84 valence electrons. The number of hydrogen-bond donors (Lipinski definition) is 0. The fraction of sp³-hybridized carbons (Fsp3) is 0.333. The molecule has 2 rings (SSSR count). The molecule has 1 unspecified atom stereocenters. The lowest BCUT2D eigenvalue weighted by Gasteiger charge is -2.07. The summed E-state index contributed by atoms with van der Waals surface area (Å²) in [4.78, 5) is 22.8. The maximum absolute atomic E-state index is 13.3. The minimum absolute atomic E-state index is 0.0286. The van der Waals surface area contributed by atoms with Gasteiger partial charge in [0, 0.05) is 24.8 Å². The zero-order chi connectivity index (χ0) is 11.7. The summed E-state index contributed by atoms with van der Waals surface area (Å²) in [6.07, 6.45) is 1.02. The largest absolute Gasteiger partial charge is 0.300 e. The van der Waals surface area contributed by atoms with Crippen molar-refractivity contribution in [3.8, 4) is 0 Å². The first-order valence-corrected chi connectivity index (χ1v) is 5.09. The molecule has 1 saturated carbocycles. The smallest absolute Gasteiger partial charge is 0.169 e. The van der Waals surface area contributed by atoms with Crippen molar-refractivity contribution in [2.75, 3.05) is 0 Å². The molecule has 0 heterocycles.